The number of aromatic nitrogens is 1. The van der Waals surface area contributed by atoms with Crippen LogP contribution < -0.4 is 11.1 Å². The number of hydrogen-bond acceptors (Lipinski definition) is 4. The van der Waals surface area contributed by atoms with Crippen LogP contribution >= 0.6 is 36.2 Å². The van der Waals surface area contributed by atoms with Gasteiger partial charge in [-0.3, -0.25) is 4.79 Å². The van der Waals surface area contributed by atoms with Crippen molar-refractivity contribution >= 4 is 42.1 Å². The second-order valence-corrected chi connectivity index (χ2v) is 6.51. The van der Waals surface area contributed by atoms with E-state index in [1.807, 2.05) is 0 Å². The smallest absolute Gasteiger partial charge is 0.223 e. The average Bonchev–Trinajstić information content (AvgIpc) is 3.04. The molecular weight excluding hydrogens is 329 g/mol. The van der Waals surface area contributed by atoms with Crippen LogP contribution in [0.25, 0.3) is 0 Å². The van der Waals surface area contributed by atoms with Crippen molar-refractivity contribution in [1.82, 2.24) is 10.3 Å². The molecule has 1 saturated carbocycles. The Balaban J connectivity index is 0.00000200. The summed E-state index contributed by atoms with van der Waals surface area (Å²) in [6, 6.07) is 0. The topological polar surface area (TPSA) is 68.0 Å². The Morgan fingerprint density at radius 3 is 2.76 bits per heavy atom. The Morgan fingerprint density at radius 2 is 2.19 bits per heavy atom. The number of halogens is 2. The standard InChI is InChI=1S/C14H23N3OS.2ClH/c1-9(2)12-8-19-13(17-12)7-16-14(18)11-5-3-4-10(11)6-15;;/h8-11H,3-7,15H2,1-2H3,(H,16,18);2*1H/t10-,11-;;/m1../s1. The number of rotatable bonds is 5. The molecule has 0 aliphatic heterocycles. The van der Waals surface area contributed by atoms with E-state index in [-0.39, 0.29) is 36.6 Å². The van der Waals surface area contributed by atoms with E-state index in [9.17, 15) is 4.79 Å². The average molecular weight is 354 g/mol. The van der Waals surface area contributed by atoms with Gasteiger partial charge in [0, 0.05) is 11.3 Å². The van der Waals surface area contributed by atoms with Crippen molar-refractivity contribution in [3.05, 3.63) is 16.1 Å². The fraction of sp³-hybridized carbons (Fsp3) is 0.714. The summed E-state index contributed by atoms with van der Waals surface area (Å²) in [6.45, 7) is 5.42. The van der Waals surface area contributed by atoms with Crippen molar-refractivity contribution in [3.8, 4) is 0 Å². The number of carbonyl (C=O) groups is 1. The number of nitrogens with zero attached hydrogens (tertiary/aromatic N) is 1. The van der Waals surface area contributed by atoms with Crippen LogP contribution in [0.15, 0.2) is 5.38 Å². The van der Waals surface area contributed by atoms with Crippen LogP contribution in [-0.4, -0.2) is 17.4 Å². The van der Waals surface area contributed by atoms with Gasteiger partial charge in [-0.2, -0.15) is 0 Å². The number of nitrogens with two attached hydrogens (primary N) is 1. The molecule has 0 spiro atoms. The van der Waals surface area contributed by atoms with E-state index in [4.69, 9.17) is 5.73 Å². The normalized spacial score (nSPS) is 20.8. The minimum absolute atomic E-state index is 0. The van der Waals surface area contributed by atoms with Gasteiger partial charge in [-0.25, -0.2) is 4.98 Å². The van der Waals surface area contributed by atoms with Crippen LogP contribution in [-0.2, 0) is 11.3 Å². The van der Waals surface area contributed by atoms with Crippen LogP contribution in [0.2, 0.25) is 0 Å². The molecule has 2 atom stereocenters. The zero-order valence-corrected chi connectivity index (χ0v) is 15.0. The lowest BCUT2D eigenvalue weighted by Crippen LogP contribution is -2.34. The first-order valence-electron chi connectivity index (χ1n) is 7.04. The largest absolute Gasteiger partial charge is 0.349 e. The molecule has 0 radical (unpaired) electrons. The molecule has 3 N–H and O–H groups in total. The lowest BCUT2D eigenvalue weighted by Gasteiger charge is -2.16. The summed E-state index contributed by atoms with van der Waals surface area (Å²) >= 11 is 1.62. The first kappa shape index (κ1) is 20.6. The van der Waals surface area contributed by atoms with E-state index in [0.29, 0.717) is 24.9 Å². The van der Waals surface area contributed by atoms with Crippen molar-refractivity contribution in [3.63, 3.8) is 0 Å². The van der Waals surface area contributed by atoms with Gasteiger partial charge in [-0.15, -0.1) is 36.2 Å². The Morgan fingerprint density at radius 1 is 1.48 bits per heavy atom. The van der Waals surface area contributed by atoms with E-state index >= 15 is 0 Å². The van der Waals surface area contributed by atoms with Gasteiger partial charge in [-0.05, 0) is 31.2 Å². The first-order valence-corrected chi connectivity index (χ1v) is 7.91. The fourth-order valence-corrected chi connectivity index (χ4v) is 3.52. The molecule has 1 aliphatic carbocycles. The number of nitrogens with one attached hydrogen (secondary N) is 1. The molecule has 1 aliphatic rings. The predicted octanol–water partition coefficient (Wildman–Crippen LogP) is 3.10. The highest BCUT2D eigenvalue weighted by Crippen LogP contribution is 2.31. The van der Waals surface area contributed by atoms with Crippen molar-refractivity contribution in [2.24, 2.45) is 17.6 Å². The molecule has 1 fully saturated rings. The van der Waals surface area contributed by atoms with Crippen LogP contribution in [0.4, 0.5) is 0 Å². The van der Waals surface area contributed by atoms with E-state index in [0.717, 1.165) is 30.0 Å². The molecule has 0 bridgehead atoms. The van der Waals surface area contributed by atoms with Crippen LogP contribution in [0, 0.1) is 11.8 Å². The van der Waals surface area contributed by atoms with Gasteiger partial charge in [0.05, 0.1) is 12.2 Å². The Bertz CT molecular complexity index is 440. The summed E-state index contributed by atoms with van der Waals surface area (Å²) in [6.07, 6.45) is 3.18. The maximum atomic E-state index is 12.1. The SMILES string of the molecule is CC(C)c1csc(CNC(=O)[C@@H]2CCC[C@@H]2CN)n1.Cl.Cl. The molecule has 122 valence electrons. The molecule has 1 heterocycles. The highest BCUT2D eigenvalue weighted by atomic mass is 35.5. The lowest BCUT2D eigenvalue weighted by atomic mass is 9.95. The van der Waals surface area contributed by atoms with Gasteiger partial charge in [0.15, 0.2) is 0 Å². The van der Waals surface area contributed by atoms with E-state index in [2.05, 4.69) is 29.5 Å². The van der Waals surface area contributed by atoms with Gasteiger partial charge < -0.3 is 11.1 Å². The third kappa shape index (κ3) is 5.40. The number of thiazole rings is 1. The minimum Gasteiger partial charge on any atom is -0.349 e. The van der Waals surface area contributed by atoms with E-state index in [1.165, 1.54) is 0 Å². The maximum Gasteiger partial charge on any atom is 0.223 e. The first-order chi connectivity index (χ1) is 9.11. The number of amides is 1. The van der Waals surface area contributed by atoms with Gasteiger partial charge in [-0.1, -0.05) is 20.3 Å². The van der Waals surface area contributed by atoms with Crippen molar-refractivity contribution in [2.75, 3.05) is 6.54 Å². The van der Waals surface area contributed by atoms with Crippen LogP contribution in [0.1, 0.15) is 49.7 Å². The monoisotopic (exact) mass is 353 g/mol. The molecular formula is C14H25Cl2N3OS. The molecule has 2 rings (SSSR count). The molecule has 21 heavy (non-hydrogen) atoms. The summed E-state index contributed by atoms with van der Waals surface area (Å²) in [5.41, 5.74) is 6.82. The Hall–Kier alpha value is -0.360. The van der Waals surface area contributed by atoms with Crippen LogP contribution in [0.3, 0.4) is 0 Å². The Kier molecular flexibility index (Phi) is 9.45. The van der Waals surface area contributed by atoms with E-state index in [1.54, 1.807) is 11.3 Å². The second-order valence-electron chi connectivity index (χ2n) is 5.57. The summed E-state index contributed by atoms with van der Waals surface area (Å²) in [4.78, 5) is 16.7. The van der Waals surface area contributed by atoms with Crippen molar-refractivity contribution in [1.29, 1.82) is 0 Å². The highest BCUT2D eigenvalue weighted by molar-refractivity contribution is 7.09. The third-order valence-corrected chi connectivity index (χ3v) is 4.74. The number of hydrogen-bond donors (Lipinski definition) is 2. The molecule has 7 heteroatoms. The van der Waals surface area contributed by atoms with E-state index < -0.39 is 0 Å². The van der Waals surface area contributed by atoms with Crippen LogP contribution in [0.5, 0.6) is 0 Å². The zero-order chi connectivity index (χ0) is 13.8. The summed E-state index contributed by atoms with van der Waals surface area (Å²) in [5, 5.41) is 6.07. The molecule has 4 nitrogen and oxygen atoms in total. The summed E-state index contributed by atoms with van der Waals surface area (Å²) in [7, 11) is 0. The second kappa shape index (κ2) is 9.62. The molecule has 0 aromatic carbocycles. The van der Waals surface area contributed by atoms with Gasteiger partial charge >= 0.3 is 0 Å². The minimum atomic E-state index is 0. The molecule has 1 aromatic rings. The maximum absolute atomic E-state index is 12.1. The van der Waals surface area contributed by atoms with Gasteiger partial charge in [0.1, 0.15) is 5.01 Å². The molecule has 1 aromatic heterocycles. The zero-order valence-electron chi connectivity index (χ0n) is 12.5. The quantitative estimate of drug-likeness (QED) is 0.854. The molecule has 0 unspecified atom stereocenters. The Labute approximate surface area is 143 Å². The van der Waals surface area contributed by atoms with Crippen molar-refractivity contribution in [2.45, 2.75) is 45.6 Å². The molecule has 1 amide bonds. The summed E-state index contributed by atoms with van der Waals surface area (Å²) in [5.74, 6) is 1.06. The van der Waals surface area contributed by atoms with Crippen molar-refractivity contribution < 1.29 is 4.79 Å². The fourth-order valence-electron chi connectivity index (χ4n) is 2.63. The lowest BCUT2D eigenvalue weighted by molar-refractivity contribution is -0.126. The third-order valence-electron chi connectivity index (χ3n) is 3.87. The highest BCUT2D eigenvalue weighted by Gasteiger charge is 2.31. The summed E-state index contributed by atoms with van der Waals surface area (Å²) < 4.78 is 0. The molecule has 0 saturated heterocycles. The number of carbonyl (C=O) groups excluding carboxylic acids is 1. The predicted molar refractivity (Wildman–Crippen MR) is 92.4 cm³/mol. The van der Waals surface area contributed by atoms with Gasteiger partial charge in [0.25, 0.3) is 0 Å². The van der Waals surface area contributed by atoms with Gasteiger partial charge in [0.2, 0.25) is 5.91 Å².